The van der Waals surface area contributed by atoms with Gasteiger partial charge < -0.3 is 10.5 Å². The van der Waals surface area contributed by atoms with Crippen LogP contribution in [0.1, 0.15) is 11.1 Å². The summed E-state index contributed by atoms with van der Waals surface area (Å²) in [7, 11) is 0. The Morgan fingerprint density at radius 2 is 1.80 bits per heavy atom. The molecule has 0 aromatic heterocycles. The molecule has 0 saturated carbocycles. The maximum atomic E-state index is 13.7. The fourth-order valence-electron chi connectivity index (χ4n) is 1.61. The molecule has 0 bridgehead atoms. The van der Waals surface area contributed by atoms with Crippen LogP contribution in [-0.2, 0) is 6.61 Å². The van der Waals surface area contributed by atoms with Crippen molar-refractivity contribution in [2.24, 2.45) is 5.73 Å². The minimum Gasteiger partial charge on any atom is -0.489 e. The third kappa shape index (κ3) is 3.82. The van der Waals surface area contributed by atoms with Crippen LogP contribution in [0.4, 0.5) is 4.39 Å². The van der Waals surface area contributed by atoms with Gasteiger partial charge in [-0.25, -0.2) is 4.39 Å². The second-order valence-electron chi connectivity index (χ2n) is 4.06. The van der Waals surface area contributed by atoms with Crippen molar-refractivity contribution in [2.75, 3.05) is 0 Å². The molecule has 0 aliphatic rings. The molecule has 20 heavy (non-hydrogen) atoms. The lowest BCUT2D eigenvalue weighted by molar-refractivity contribution is 0.300. The molecule has 2 aromatic carbocycles. The predicted molar refractivity (Wildman–Crippen MR) is 83.1 cm³/mol. The van der Waals surface area contributed by atoms with Crippen molar-refractivity contribution in [3.8, 4) is 5.75 Å². The van der Waals surface area contributed by atoms with E-state index in [4.69, 9.17) is 45.9 Å². The van der Waals surface area contributed by atoms with Crippen molar-refractivity contribution in [1.82, 2.24) is 0 Å². The molecule has 0 saturated heterocycles. The van der Waals surface area contributed by atoms with E-state index in [2.05, 4.69) is 0 Å². The zero-order valence-electron chi connectivity index (χ0n) is 10.2. The highest BCUT2D eigenvalue weighted by atomic mass is 35.5. The number of rotatable bonds is 4. The van der Waals surface area contributed by atoms with Crippen LogP contribution in [0.25, 0.3) is 0 Å². The Morgan fingerprint density at radius 3 is 2.40 bits per heavy atom. The number of hydrogen-bond acceptors (Lipinski definition) is 2. The van der Waals surface area contributed by atoms with Crippen LogP contribution >= 0.6 is 35.4 Å². The van der Waals surface area contributed by atoms with Gasteiger partial charge in [-0.3, -0.25) is 0 Å². The van der Waals surface area contributed by atoms with Gasteiger partial charge in [-0.2, -0.15) is 0 Å². The molecule has 0 aliphatic heterocycles. The van der Waals surface area contributed by atoms with E-state index in [9.17, 15) is 4.39 Å². The van der Waals surface area contributed by atoms with Crippen molar-refractivity contribution < 1.29 is 9.13 Å². The predicted octanol–water partition coefficient (Wildman–Crippen LogP) is 4.35. The molecule has 0 unspecified atom stereocenters. The Labute approximate surface area is 131 Å². The molecule has 0 spiro atoms. The quantitative estimate of drug-likeness (QED) is 0.847. The minimum atomic E-state index is -0.391. The lowest BCUT2D eigenvalue weighted by Crippen LogP contribution is -2.10. The normalized spacial score (nSPS) is 10.3. The van der Waals surface area contributed by atoms with E-state index in [1.807, 2.05) is 0 Å². The summed E-state index contributed by atoms with van der Waals surface area (Å²) in [6.07, 6.45) is 0. The van der Waals surface area contributed by atoms with Gasteiger partial charge in [0.25, 0.3) is 0 Å². The highest BCUT2D eigenvalue weighted by molar-refractivity contribution is 7.80. The average molecular weight is 330 g/mol. The maximum Gasteiger partial charge on any atom is 0.129 e. The van der Waals surface area contributed by atoms with E-state index in [-0.39, 0.29) is 11.6 Å². The topological polar surface area (TPSA) is 35.2 Å². The monoisotopic (exact) mass is 329 g/mol. The SMILES string of the molecule is NC(=S)c1ccc(F)c(COc2cc(Cl)cc(Cl)c2)c1. The average Bonchev–Trinajstić information content (AvgIpc) is 2.36. The Morgan fingerprint density at radius 1 is 1.15 bits per heavy atom. The van der Waals surface area contributed by atoms with Gasteiger partial charge in [-0.05, 0) is 36.4 Å². The van der Waals surface area contributed by atoms with Crippen LogP contribution in [0, 0.1) is 5.82 Å². The molecule has 0 amide bonds. The number of benzene rings is 2. The summed E-state index contributed by atoms with van der Waals surface area (Å²) in [4.78, 5) is 0.206. The second kappa shape index (κ2) is 6.39. The van der Waals surface area contributed by atoms with Gasteiger partial charge in [0.2, 0.25) is 0 Å². The highest BCUT2D eigenvalue weighted by Crippen LogP contribution is 2.25. The molecular weight excluding hydrogens is 320 g/mol. The number of ether oxygens (including phenoxy) is 1. The molecule has 0 fully saturated rings. The van der Waals surface area contributed by atoms with E-state index < -0.39 is 5.82 Å². The molecule has 6 heteroatoms. The summed E-state index contributed by atoms with van der Waals surface area (Å²) in [6, 6.07) is 9.18. The molecule has 0 atom stereocenters. The van der Waals surface area contributed by atoms with Crippen molar-refractivity contribution >= 4 is 40.4 Å². The van der Waals surface area contributed by atoms with Crippen LogP contribution in [0.2, 0.25) is 10.0 Å². The summed E-state index contributed by atoms with van der Waals surface area (Å²) in [5.74, 6) is 0.0701. The maximum absolute atomic E-state index is 13.7. The molecular formula is C14H10Cl2FNOS. The molecule has 2 N–H and O–H groups in total. The van der Waals surface area contributed by atoms with Crippen molar-refractivity contribution in [1.29, 1.82) is 0 Å². The second-order valence-corrected chi connectivity index (χ2v) is 5.38. The Hall–Kier alpha value is -1.36. The van der Waals surface area contributed by atoms with E-state index >= 15 is 0 Å². The zero-order chi connectivity index (χ0) is 14.7. The van der Waals surface area contributed by atoms with Crippen molar-refractivity contribution in [3.63, 3.8) is 0 Å². The number of hydrogen-bond donors (Lipinski definition) is 1. The van der Waals surface area contributed by atoms with Crippen molar-refractivity contribution in [3.05, 3.63) is 63.4 Å². The molecule has 0 heterocycles. The van der Waals surface area contributed by atoms with E-state index in [1.54, 1.807) is 24.3 Å². The summed E-state index contributed by atoms with van der Waals surface area (Å²) < 4.78 is 19.2. The lowest BCUT2D eigenvalue weighted by atomic mass is 10.1. The number of thiocarbonyl (C=S) groups is 1. The molecule has 0 radical (unpaired) electrons. The van der Waals surface area contributed by atoms with Crippen molar-refractivity contribution in [2.45, 2.75) is 6.61 Å². The standard InChI is InChI=1S/C14H10Cl2FNOS/c15-10-4-11(16)6-12(5-10)19-7-9-3-8(14(18)20)1-2-13(9)17/h1-6H,7H2,(H2,18,20). The highest BCUT2D eigenvalue weighted by Gasteiger charge is 2.07. The minimum absolute atomic E-state index is 0.0267. The fraction of sp³-hybridized carbons (Fsp3) is 0.0714. The third-order valence-electron chi connectivity index (χ3n) is 2.56. The summed E-state index contributed by atoms with van der Waals surface area (Å²) in [5, 5.41) is 0.898. The molecule has 0 aliphatic carbocycles. The van der Waals surface area contributed by atoms with Crippen LogP contribution < -0.4 is 10.5 Å². The lowest BCUT2D eigenvalue weighted by Gasteiger charge is -2.09. The fourth-order valence-corrected chi connectivity index (χ4v) is 2.24. The van der Waals surface area contributed by atoms with Gasteiger partial charge in [-0.15, -0.1) is 0 Å². The molecule has 2 rings (SSSR count). The summed E-state index contributed by atoms with van der Waals surface area (Å²) >= 11 is 16.6. The van der Waals surface area contributed by atoms with E-state index in [1.165, 1.54) is 12.1 Å². The summed E-state index contributed by atoms with van der Waals surface area (Å²) in [6.45, 7) is 0.0267. The number of halogens is 3. The van der Waals surface area contributed by atoms with Crippen LogP contribution in [0.15, 0.2) is 36.4 Å². The van der Waals surface area contributed by atoms with Crippen LogP contribution in [0.3, 0.4) is 0 Å². The van der Waals surface area contributed by atoms with Gasteiger partial charge in [0.1, 0.15) is 23.2 Å². The van der Waals surface area contributed by atoms with Gasteiger partial charge >= 0.3 is 0 Å². The summed E-state index contributed by atoms with van der Waals surface area (Å²) in [5.41, 5.74) is 6.45. The Balaban J connectivity index is 2.18. The van der Waals surface area contributed by atoms with Gasteiger partial charge in [-0.1, -0.05) is 35.4 Å². The first kappa shape index (κ1) is 15.0. The van der Waals surface area contributed by atoms with E-state index in [0.717, 1.165) is 0 Å². The van der Waals surface area contributed by atoms with Gasteiger partial charge in [0.05, 0.1) is 0 Å². The first-order valence-electron chi connectivity index (χ1n) is 5.63. The third-order valence-corrected chi connectivity index (χ3v) is 3.23. The van der Waals surface area contributed by atoms with E-state index in [0.29, 0.717) is 26.9 Å². The first-order valence-corrected chi connectivity index (χ1v) is 6.79. The molecule has 104 valence electrons. The Bertz CT molecular complexity index is 643. The van der Waals surface area contributed by atoms with Gasteiger partial charge in [0.15, 0.2) is 0 Å². The van der Waals surface area contributed by atoms with Gasteiger partial charge in [0, 0.05) is 21.2 Å². The smallest absolute Gasteiger partial charge is 0.129 e. The molecule has 2 nitrogen and oxygen atoms in total. The number of nitrogens with two attached hydrogens (primary N) is 1. The Kier molecular flexibility index (Phi) is 4.81. The van der Waals surface area contributed by atoms with Crippen LogP contribution in [0.5, 0.6) is 5.75 Å². The zero-order valence-corrected chi connectivity index (χ0v) is 12.5. The largest absolute Gasteiger partial charge is 0.489 e. The van der Waals surface area contributed by atoms with Crippen LogP contribution in [-0.4, -0.2) is 4.99 Å². The molecule has 2 aromatic rings. The first-order chi connectivity index (χ1) is 9.45.